The molecule has 4 rings (SSSR count). The molecule has 1 aliphatic heterocycles. The molecule has 148 valence electrons. The number of aromatic amines is 1. The van der Waals surface area contributed by atoms with Crippen molar-refractivity contribution in [2.24, 2.45) is 5.10 Å². The summed E-state index contributed by atoms with van der Waals surface area (Å²) in [4.78, 5) is 28.0. The third kappa shape index (κ3) is 3.66. The van der Waals surface area contributed by atoms with Gasteiger partial charge in [0.15, 0.2) is 0 Å². The Hall–Kier alpha value is -3.41. The highest BCUT2D eigenvalue weighted by atomic mass is 16.5. The summed E-state index contributed by atoms with van der Waals surface area (Å²) in [6, 6.07) is 15.0. The first-order valence-corrected chi connectivity index (χ1v) is 9.70. The van der Waals surface area contributed by atoms with Gasteiger partial charge in [0.05, 0.1) is 18.4 Å². The number of nitrogens with one attached hydrogen (secondary N) is 1. The maximum atomic E-state index is 12.8. The molecule has 0 saturated carbocycles. The standard InChI is InChI=1S/C23H23N3O3/c1-4-29-18-8-9-20-17(11-18)12-19(23(28)24-20)22-13-21(25-26(22)15(3)27)16-7-5-6-14(2)10-16/h5-12,22H,4,13H2,1-3H3,(H,24,28). The van der Waals surface area contributed by atoms with Gasteiger partial charge < -0.3 is 9.72 Å². The smallest absolute Gasteiger partial charge is 0.253 e. The fourth-order valence-corrected chi connectivity index (χ4v) is 3.75. The lowest BCUT2D eigenvalue weighted by Gasteiger charge is -2.20. The van der Waals surface area contributed by atoms with Crippen LogP contribution in [0.4, 0.5) is 0 Å². The van der Waals surface area contributed by atoms with Gasteiger partial charge >= 0.3 is 0 Å². The van der Waals surface area contributed by atoms with Crippen molar-refractivity contribution in [2.75, 3.05) is 6.61 Å². The number of hydrogen-bond acceptors (Lipinski definition) is 4. The summed E-state index contributed by atoms with van der Waals surface area (Å²) in [5.41, 5.74) is 3.93. The highest BCUT2D eigenvalue weighted by Crippen LogP contribution is 2.32. The normalized spacial score (nSPS) is 16.2. The highest BCUT2D eigenvalue weighted by molar-refractivity contribution is 6.03. The molecule has 1 unspecified atom stereocenters. The van der Waals surface area contributed by atoms with E-state index in [-0.39, 0.29) is 11.5 Å². The molecule has 2 heterocycles. The van der Waals surface area contributed by atoms with E-state index in [0.717, 1.165) is 33.5 Å². The van der Waals surface area contributed by atoms with E-state index >= 15 is 0 Å². The number of nitrogens with zero attached hydrogens (tertiary/aromatic N) is 2. The maximum Gasteiger partial charge on any atom is 0.253 e. The van der Waals surface area contributed by atoms with Gasteiger partial charge in [-0.05, 0) is 43.7 Å². The first-order valence-electron chi connectivity index (χ1n) is 9.70. The van der Waals surface area contributed by atoms with Crippen molar-refractivity contribution in [2.45, 2.75) is 33.2 Å². The second kappa shape index (κ2) is 7.54. The third-order valence-corrected chi connectivity index (χ3v) is 5.10. The van der Waals surface area contributed by atoms with Crippen LogP contribution in [-0.2, 0) is 4.79 Å². The van der Waals surface area contributed by atoms with Crippen molar-refractivity contribution in [1.82, 2.24) is 9.99 Å². The number of H-pyrrole nitrogens is 1. The number of hydrazone groups is 1. The Bertz CT molecular complexity index is 1180. The molecule has 1 atom stereocenters. The van der Waals surface area contributed by atoms with Gasteiger partial charge in [-0.2, -0.15) is 5.10 Å². The van der Waals surface area contributed by atoms with Crippen LogP contribution >= 0.6 is 0 Å². The Morgan fingerprint density at radius 3 is 2.79 bits per heavy atom. The number of rotatable bonds is 4. The fourth-order valence-electron chi connectivity index (χ4n) is 3.75. The second-order valence-corrected chi connectivity index (χ2v) is 7.24. The predicted molar refractivity (Wildman–Crippen MR) is 113 cm³/mol. The summed E-state index contributed by atoms with van der Waals surface area (Å²) in [5, 5.41) is 6.82. The average molecular weight is 389 g/mol. The molecule has 0 fully saturated rings. The molecular weight excluding hydrogens is 366 g/mol. The molecule has 2 aromatic carbocycles. The van der Waals surface area contributed by atoms with E-state index in [1.165, 1.54) is 11.9 Å². The van der Waals surface area contributed by atoms with Gasteiger partial charge in [0.2, 0.25) is 5.91 Å². The van der Waals surface area contributed by atoms with Crippen molar-refractivity contribution >= 4 is 22.5 Å². The van der Waals surface area contributed by atoms with E-state index in [4.69, 9.17) is 4.74 Å². The minimum atomic E-state index is -0.438. The number of carbonyl (C=O) groups is 1. The largest absolute Gasteiger partial charge is 0.494 e. The molecule has 6 heteroatoms. The van der Waals surface area contributed by atoms with Crippen LogP contribution in [0.1, 0.15) is 43.0 Å². The summed E-state index contributed by atoms with van der Waals surface area (Å²) in [5.74, 6) is 0.546. The molecule has 0 saturated heterocycles. The molecule has 1 aromatic heterocycles. The minimum absolute atomic E-state index is 0.194. The number of ether oxygens (including phenoxy) is 1. The number of benzene rings is 2. The average Bonchev–Trinajstić information content (AvgIpc) is 3.13. The van der Waals surface area contributed by atoms with Gasteiger partial charge in [0.1, 0.15) is 5.75 Å². The van der Waals surface area contributed by atoms with Crippen molar-refractivity contribution in [3.05, 3.63) is 75.6 Å². The molecule has 6 nitrogen and oxygen atoms in total. The zero-order valence-electron chi connectivity index (χ0n) is 16.7. The molecule has 3 aromatic rings. The van der Waals surface area contributed by atoms with Gasteiger partial charge in [-0.1, -0.05) is 29.8 Å². The summed E-state index contributed by atoms with van der Waals surface area (Å²) in [6.45, 7) is 5.98. The number of aryl methyl sites for hydroxylation is 1. The Balaban J connectivity index is 1.76. The zero-order chi connectivity index (χ0) is 20.5. The van der Waals surface area contributed by atoms with Gasteiger partial charge in [0, 0.05) is 29.8 Å². The zero-order valence-corrected chi connectivity index (χ0v) is 16.7. The van der Waals surface area contributed by atoms with Crippen molar-refractivity contribution in [3.8, 4) is 5.75 Å². The molecule has 1 amide bonds. The summed E-state index contributed by atoms with van der Waals surface area (Å²) in [6.07, 6.45) is 0.489. The van der Waals surface area contributed by atoms with Crippen LogP contribution in [0, 0.1) is 6.92 Å². The Morgan fingerprint density at radius 1 is 1.24 bits per heavy atom. The van der Waals surface area contributed by atoms with E-state index in [1.807, 2.05) is 62.4 Å². The molecule has 0 spiro atoms. The molecular formula is C23H23N3O3. The third-order valence-electron chi connectivity index (χ3n) is 5.10. The molecule has 0 bridgehead atoms. The van der Waals surface area contributed by atoms with Crippen LogP contribution in [0.3, 0.4) is 0 Å². The van der Waals surface area contributed by atoms with Crippen LogP contribution in [0.5, 0.6) is 5.75 Å². The Labute approximate surface area is 168 Å². The van der Waals surface area contributed by atoms with E-state index in [2.05, 4.69) is 10.1 Å². The summed E-state index contributed by atoms with van der Waals surface area (Å²) >= 11 is 0. The fraction of sp³-hybridized carbons (Fsp3) is 0.261. The topological polar surface area (TPSA) is 74.8 Å². The van der Waals surface area contributed by atoms with Crippen molar-refractivity contribution in [1.29, 1.82) is 0 Å². The van der Waals surface area contributed by atoms with Gasteiger partial charge in [-0.25, -0.2) is 5.01 Å². The monoisotopic (exact) mass is 389 g/mol. The van der Waals surface area contributed by atoms with Gasteiger partial charge in [-0.15, -0.1) is 0 Å². The Morgan fingerprint density at radius 2 is 2.07 bits per heavy atom. The number of aromatic nitrogens is 1. The quantitative estimate of drug-likeness (QED) is 0.735. The van der Waals surface area contributed by atoms with Crippen LogP contribution in [0.25, 0.3) is 10.9 Å². The van der Waals surface area contributed by atoms with Crippen LogP contribution in [0.15, 0.2) is 58.4 Å². The molecule has 1 N–H and O–H groups in total. The lowest BCUT2D eigenvalue weighted by atomic mass is 9.97. The predicted octanol–water partition coefficient (Wildman–Crippen LogP) is 3.93. The second-order valence-electron chi connectivity index (χ2n) is 7.24. The number of fused-ring (bicyclic) bond motifs is 1. The maximum absolute atomic E-state index is 12.8. The lowest BCUT2D eigenvalue weighted by molar-refractivity contribution is -0.130. The van der Waals surface area contributed by atoms with Gasteiger partial charge in [0.25, 0.3) is 5.56 Å². The molecule has 1 aliphatic rings. The first kappa shape index (κ1) is 18.9. The van der Waals surface area contributed by atoms with Gasteiger partial charge in [-0.3, -0.25) is 9.59 Å². The summed E-state index contributed by atoms with van der Waals surface area (Å²) < 4.78 is 5.58. The SMILES string of the molecule is CCOc1ccc2[nH]c(=O)c(C3CC(c4cccc(C)c4)=NN3C(C)=O)cc2c1. The van der Waals surface area contributed by atoms with Crippen LogP contribution in [0.2, 0.25) is 0 Å². The summed E-state index contributed by atoms with van der Waals surface area (Å²) in [7, 11) is 0. The van der Waals surface area contributed by atoms with E-state index in [1.54, 1.807) is 0 Å². The number of carbonyl (C=O) groups excluding carboxylic acids is 1. The first-order chi connectivity index (χ1) is 14.0. The van der Waals surface area contributed by atoms with Crippen LogP contribution in [-0.4, -0.2) is 28.2 Å². The van der Waals surface area contributed by atoms with E-state index < -0.39 is 6.04 Å². The number of pyridine rings is 1. The van der Waals surface area contributed by atoms with Crippen molar-refractivity contribution in [3.63, 3.8) is 0 Å². The van der Waals surface area contributed by atoms with Crippen molar-refractivity contribution < 1.29 is 9.53 Å². The number of hydrogen-bond donors (Lipinski definition) is 1. The van der Waals surface area contributed by atoms with Crippen LogP contribution < -0.4 is 10.3 Å². The molecule has 29 heavy (non-hydrogen) atoms. The number of amides is 1. The lowest BCUT2D eigenvalue weighted by Crippen LogP contribution is -2.29. The van der Waals surface area contributed by atoms with E-state index in [0.29, 0.717) is 18.6 Å². The highest BCUT2D eigenvalue weighted by Gasteiger charge is 2.33. The minimum Gasteiger partial charge on any atom is -0.494 e. The molecule has 0 aliphatic carbocycles. The van der Waals surface area contributed by atoms with E-state index in [9.17, 15) is 9.59 Å². The molecule has 0 radical (unpaired) electrons. The Kier molecular flexibility index (Phi) is 4.92.